The van der Waals surface area contributed by atoms with Crippen LogP contribution in [0.2, 0.25) is 0 Å². The van der Waals surface area contributed by atoms with Crippen molar-refractivity contribution in [1.29, 1.82) is 0 Å². The maximum atomic E-state index is 11.9. The highest BCUT2D eigenvalue weighted by atomic mass is 16.2. The van der Waals surface area contributed by atoms with Gasteiger partial charge in [0.2, 0.25) is 5.91 Å². The standard InChI is InChI=1S/C15H22N2O/c1-12(2)7-6-10-17-14(18)11-16-15(17)13-8-4-3-5-9-13/h3-5,8-9,12,15-16H,6-7,10-11H2,1-2H3. The van der Waals surface area contributed by atoms with E-state index >= 15 is 0 Å². The summed E-state index contributed by atoms with van der Waals surface area (Å²) in [4.78, 5) is 13.9. The van der Waals surface area contributed by atoms with Crippen molar-refractivity contribution in [3.8, 4) is 0 Å². The van der Waals surface area contributed by atoms with Gasteiger partial charge in [-0.15, -0.1) is 0 Å². The molecule has 3 nitrogen and oxygen atoms in total. The van der Waals surface area contributed by atoms with E-state index in [1.165, 1.54) is 12.0 Å². The fraction of sp³-hybridized carbons (Fsp3) is 0.533. The Labute approximate surface area is 109 Å². The predicted molar refractivity (Wildman–Crippen MR) is 73.0 cm³/mol. The second-order valence-electron chi connectivity index (χ2n) is 5.32. The van der Waals surface area contributed by atoms with Crippen LogP contribution in [0.4, 0.5) is 0 Å². The van der Waals surface area contributed by atoms with Crippen LogP contribution in [-0.2, 0) is 4.79 Å². The Bertz CT molecular complexity index is 389. The molecule has 1 heterocycles. The summed E-state index contributed by atoms with van der Waals surface area (Å²) in [6.07, 6.45) is 2.31. The van der Waals surface area contributed by atoms with Crippen LogP contribution in [0.25, 0.3) is 0 Å². The van der Waals surface area contributed by atoms with Gasteiger partial charge in [0.25, 0.3) is 0 Å². The van der Waals surface area contributed by atoms with Crippen LogP contribution in [0.3, 0.4) is 0 Å². The smallest absolute Gasteiger partial charge is 0.238 e. The summed E-state index contributed by atoms with van der Waals surface area (Å²) in [5.74, 6) is 0.915. The highest BCUT2D eigenvalue weighted by molar-refractivity contribution is 5.80. The number of amides is 1. The van der Waals surface area contributed by atoms with Gasteiger partial charge in [-0.2, -0.15) is 0 Å². The van der Waals surface area contributed by atoms with Crippen molar-refractivity contribution in [2.24, 2.45) is 5.92 Å². The zero-order valence-corrected chi connectivity index (χ0v) is 11.2. The molecule has 2 rings (SSSR count). The van der Waals surface area contributed by atoms with Crippen molar-refractivity contribution in [1.82, 2.24) is 10.2 Å². The Balaban J connectivity index is 1.99. The molecule has 0 saturated carbocycles. The monoisotopic (exact) mass is 246 g/mol. The van der Waals surface area contributed by atoms with Crippen LogP contribution < -0.4 is 5.32 Å². The van der Waals surface area contributed by atoms with Crippen molar-refractivity contribution in [2.75, 3.05) is 13.1 Å². The van der Waals surface area contributed by atoms with E-state index in [1.807, 2.05) is 23.1 Å². The number of carbonyl (C=O) groups is 1. The van der Waals surface area contributed by atoms with Gasteiger partial charge in [-0.1, -0.05) is 44.2 Å². The Morgan fingerprint density at radius 3 is 2.72 bits per heavy atom. The SMILES string of the molecule is CC(C)CCCN1C(=O)CNC1c1ccccc1. The second-order valence-corrected chi connectivity index (χ2v) is 5.32. The first-order valence-electron chi connectivity index (χ1n) is 6.76. The average molecular weight is 246 g/mol. The van der Waals surface area contributed by atoms with E-state index in [4.69, 9.17) is 0 Å². The van der Waals surface area contributed by atoms with Gasteiger partial charge in [0.15, 0.2) is 0 Å². The summed E-state index contributed by atoms with van der Waals surface area (Å²) >= 11 is 0. The summed E-state index contributed by atoms with van der Waals surface area (Å²) < 4.78 is 0. The molecule has 1 aliphatic rings. The Morgan fingerprint density at radius 1 is 1.33 bits per heavy atom. The lowest BCUT2D eigenvalue weighted by Gasteiger charge is -2.25. The number of hydrogen-bond donors (Lipinski definition) is 1. The van der Waals surface area contributed by atoms with Crippen LogP contribution in [0.5, 0.6) is 0 Å². The third-order valence-electron chi connectivity index (χ3n) is 3.37. The lowest BCUT2D eigenvalue weighted by molar-refractivity contribution is -0.128. The molecule has 1 amide bonds. The molecule has 0 aromatic heterocycles. The van der Waals surface area contributed by atoms with Crippen molar-refractivity contribution in [2.45, 2.75) is 32.9 Å². The molecule has 1 aromatic rings. The number of nitrogens with zero attached hydrogens (tertiary/aromatic N) is 1. The molecular formula is C15H22N2O. The van der Waals surface area contributed by atoms with Gasteiger partial charge >= 0.3 is 0 Å². The molecule has 3 heteroatoms. The minimum Gasteiger partial charge on any atom is -0.322 e. The molecule has 0 radical (unpaired) electrons. The Morgan fingerprint density at radius 2 is 2.06 bits per heavy atom. The summed E-state index contributed by atoms with van der Waals surface area (Å²) in [5.41, 5.74) is 1.17. The second kappa shape index (κ2) is 6.01. The molecule has 0 spiro atoms. The molecule has 1 saturated heterocycles. The minimum atomic E-state index is 0.0610. The molecule has 1 unspecified atom stereocenters. The van der Waals surface area contributed by atoms with Crippen molar-refractivity contribution < 1.29 is 4.79 Å². The Hall–Kier alpha value is -1.35. The fourth-order valence-electron chi connectivity index (χ4n) is 2.40. The molecule has 1 aromatic carbocycles. The van der Waals surface area contributed by atoms with Gasteiger partial charge in [0.1, 0.15) is 6.17 Å². The van der Waals surface area contributed by atoms with Crippen molar-refractivity contribution >= 4 is 5.91 Å². The maximum absolute atomic E-state index is 11.9. The van der Waals surface area contributed by atoms with E-state index in [-0.39, 0.29) is 12.1 Å². The lowest BCUT2D eigenvalue weighted by Crippen LogP contribution is -2.31. The predicted octanol–water partition coefficient (Wildman–Crippen LogP) is 2.55. The molecule has 1 atom stereocenters. The average Bonchev–Trinajstić information content (AvgIpc) is 2.72. The molecule has 1 N–H and O–H groups in total. The van der Waals surface area contributed by atoms with E-state index in [0.717, 1.165) is 13.0 Å². The topological polar surface area (TPSA) is 32.3 Å². The first kappa shape index (κ1) is 13.1. The van der Waals surface area contributed by atoms with E-state index in [2.05, 4.69) is 31.3 Å². The number of hydrogen-bond acceptors (Lipinski definition) is 2. The van der Waals surface area contributed by atoms with Crippen LogP contribution in [0, 0.1) is 5.92 Å². The highest BCUT2D eigenvalue weighted by Crippen LogP contribution is 2.22. The summed E-state index contributed by atoms with van der Waals surface area (Å²) in [6, 6.07) is 10.2. The van der Waals surface area contributed by atoms with Gasteiger partial charge in [-0.05, 0) is 24.3 Å². The third kappa shape index (κ3) is 3.10. The van der Waals surface area contributed by atoms with Crippen molar-refractivity contribution in [3.05, 3.63) is 35.9 Å². The van der Waals surface area contributed by atoms with Gasteiger partial charge < -0.3 is 4.90 Å². The number of rotatable bonds is 5. The van der Waals surface area contributed by atoms with E-state index in [9.17, 15) is 4.79 Å². The highest BCUT2D eigenvalue weighted by Gasteiger charge is 2.30. The third-order valence-corrected chi connectivity index (χ3v) is 3.37. The van der Waals surface area contributed by atoms with Gasteiger partial charge in [0.05, 0.1) is 6.54 Å². The molecule has 0 aliphatic carbocycles. The Kier molecular flexibility index (Phi) is 4.37. The van der Waals surface area contributed by atoms with Crippen LogP contribution in [0.15, 0.2) is 30.3 Å². The normalized spacial score (nSPS) is 19.8. The first-order valence-corrected chi connectivity index (χ1v) is 6.76. The molecule has 1 aliphatic heterocycles. The molecular weight excluding hydrogens is 224 g/mol. The number of nitrogens with one attached hydrogen (secondary N) is 1. The van der Waals surface area contributed by atoms with Crippen LogP contribution in [-0.4, -0.2) is 23.9 Å². The first-order chi connectivity index (χ1) is 8.68. The molecule has 1 fully saturated rings. The lowest BCUT2D eigenvalue weighted by atomic mass is 10.1. The largest absolute Gasteiger partial charge is 0.322 e. The van der Waals surface area contributed by atoms with Crippen LogP contribution in [0.1, 0.15) is 38.4 Å². The van der Waals surface area contributed by atoms with Gasteiger partial charge in [-0.3, -0.25) is 10.1 Å². The van der Waals surface area contributed by atoms with E-state index in [0.29, 0.717) is 12.5 Å². The van der Waals surface area contributed by atoms with Gasteiger partial charge in [0, 0.05) is 6.54 Å². The molecule has 0 bridgehead atoms. The summed E-state index contributed by atoms with van der Waals surface area (Å²) in [6.45, 7) is 5.75. The minimum absolute atomic E-state index is 0.0610. The number of carbonyl (C=O) groups excluding carboxylic acids is 1. The molecule has 18 heavy (non-hydrogen) atoms. The van der Waals surface area contributed by atoms with Gasteiger partial charge in [-0.25, -0.2) is 0 Å². The maximum Gasteiger partial charge on any atom is 0.238 e. The fourth-order valence-corrected chi connectivity index (χ4v) is 2.40. The van der Waals surface area contributed by atoms with E-state index in [1.54, 1.807) is 0 Å². The van der Waals surface area contributed by atoms with Crippen LogP contribution >= 0.6 is 0 Å². The summed E-state index contributed by atoms with van der Waals surface area (Å²) in [7, 11) is 0. The molecule has 98 valence electrons. The zero-order chi connectivity index (χ0) is 13.0. The quantitative estimate of drug-likeness (QED) is 0.866. The van der Waals surface area contributed by atoms with Crippen molar-refractivity contribution in [3.63, 3.8) is 0 Å². The van der Waals surface area contributed by atoms with E-state index < -0.39 is 0 Å². The zero-order valence-electron chi connectivity index (χ0n) is 11.2. The summed E-state index contributed by atoms with van der Waals surface area (Å²) in [5, 5.41) is 3.29. The number of benzene rings is 1.